The molecule has 0 aliphatic carbocycles. The number of rotatable bonds is 5. The van der Waals surface area contributed by atoms with E-state index in [0.717, 1.165) is 27.8 Å². The Morgan fingerprint density at radius 3 is 2.73 bits per heavy atom. The van der Waals surface area contributed by atoms with E-state index in [1.807, 2.05) is 48.7 Å². The van der Waals surface area contributed by atoms with Crippen molar-refractivity contribution in [1.82, 2.24) is 10.3 Å². The molecular weight excluding hydrogens is 328 g/mol. The van der Waals surface area contributed by atoms with Crippen molar-refractivity contribution < 1.29 is 9.59 Å². The molecule has 3 N–H and O–H groups in total. The lowest BCUT2D eigenvalue weighted by Crippen LogP contribution is -2.27. The third-order valence-corrected chi connectivity index (χ3v) is 4.58. The van der Waals surface area contributed by atoms with Gasteiger partial charge in [-0.25, -0.2) is 4.79 Å². The van der Waals surface area contributed by atoms with Crippen LogP contribution >= 0.6 is 0 Å². The summed E-state index contributed by atoms with van der Waals surface area (Å²) in [5.41, 5.74) is 3.81. The number of amides is 3. The molecule has 6 nitrogen and oxygen atoms in total. The molecule has 1 saturated heterocycles. The summed E-state index contributed by atoms with van der Waals surface area (Å²) >= 11 is 0. The van der Waals surface area contributed by atoms with Crippen LogP contribution in [0.5, 0.6) is 0 Å². The van der Waals surface area contributed by atoms with E-state index in [1.165, 1.54) is 0 Å². The molecule has 1 aliphatic heterocycles. The molecule has 0 bridgehead atoms. The van der Waals surface area contributed by atoms with E-state index in [-0.39, 0.29) is 11.9 Å². The third kappa shape index (κ3) is 3.39. The zero-order valence-electron chi connectivity index (χ0n) is 14.3. The molecule has 1 fully saturated rings. The molecule has 2 aromatic carbocycles. The fourth-order valence-electron chi connectivity index (χ4n) is 3.18. The number of fused-ring (bicyclic) bond motifs is 1. The molecule has 0 radical (unpaired) electrons. The van der Waals surface area contributed by atoms with E-state index >= 15 is 0 Å². The summed E-state index contributed by atoms with van der Waals surface area (Å²) in [4.78, 5) is 28.7. The molecule has 0 saturated carbocycles. The average molecular weight is 348 g/mol. The minimum atomic E-state index is -0.0822. The molecule has 132 valence electrons. The van der Waals surface area contributed by atoms with Crippen LogP contribution in [0.1, 0.15) is 12.0 Å². The topological polar surface area (TPSA) is 77.2 Å². The lowest BCUT2D eigenvalue weighted by atomic mass is 10.1. The molecule has 6 heteroatoms. The number of aromatic amines is 1. The molecule has 3 amide bonds. The standard InChI is InChI=1S/C20H20N4O2/c25-19(8-2-14-1-7-18-15(13-14)9-10-21-18)23-16-3-5-17(6-4-16)24-12-11-22-20(24)26/h1,3-7,9-10,13,21H,2,8,11-12H2,(H,22,26)(H,23,25). The average Bonchev–Trinajstić information content (AvgIpc) is 3.29. The zero-order chi connectivity index (χ0) is 17.9. The second-order valence-corrected chi connectivity index (χ2v) is 6.38. The van der Waals surface area contributed by atoms with Crippen molar-refractivity contribution in [3.63, 3.8) is 0 Å². The Balaban J connectivity index is 1.33. The third-order valence-electron chi connectivity index (χ3n) is 4.58. The predicted molar refractivity (Wildman–Crippen MR) is 102 cm³/mol. The fraction of sp³-hybridized carbons (Fsp3) is 0.200. The van der Waals surface area contributed by atoms with Crippen LogP contribution in [0.25, 0.3) is 10.9 Å². The zero-order valence-corrected chi connectivity index (χ0v) is 14.3. The molecule has 0 spiro atoms. The van der Waals surface area contributed by atoms with Crippen LogP contribution in [0.4, 0.5) is 16.2 Å². The number of urea groups is 1. The van der Waals surface area contributed by atoms with Gasteiger partial charge in [0.15, 0.2) is 0 Å². The molecule has 1 aliphatic rings. The molecular formula is C20H20N4O2. The molecule has 0 atom stereocenters. The monoisotopic (exact) mass is 348 g/mol. The number of aryl methyl sites for hydroxylation is 1. The van der Waals surface area contributed by atoms with Gasteiger partial charge < -0.3 is 15.6 Å². The van der Waals surface area contributed by atoms with Crippen LogP contribution in [0.2, 0.25) is 0 Å². The first-order valence-electron chi connectivity index (χ1n) is 8.70. The van der Waals surface area contributed by atoms with Crippen molar-refractivity contribution in [1.29, 1.82) is 0 Å². The maximum Gasteiger partial charge on any atom is 0.321 e. The Labute approximate surface area is 151 Å². The molecule has 3 aromatic rings. The van der Waals surface area contributed by atoms with Crippen LogP contribution in [-0.4, -0.2) is 30.0 Å². The van der Waals surface area contributed by atoms with Gasteiger partial charge in [0.1, 0.15) is 0 Å². The van der Waals surface area contributed by atoms with Gasteiger partial charge in [0.2, 0.25) is 5.91 Å². The predicted octanol–water partition coefficient (Wildman–Crippen LogP) is 3.27. The molecule has 4 rings (SSSR count). The van der Waals surface area contributed by atoms with Crippen LogP contribution in [0, 0.1) is 0 Å². The Morgan fingerprint density at radius 2 is 1.96 bits per heavy atom. The number of aromatic nitrogens is 1. The largest absolute Gasteiger partial charge is 0.361 e. The number of H-pyrrole nitrogens is 1. The van der Waals surface area contributed by atoms with Crippen LogP contribution in [0.3, 0.4) is 0 Å². The summed E-state index contributed by atoms with van der Waals surface area (Å²) in [6, 6.07) is 15.5. The number of hydrogen-bond acceptors (Lipinski definition) is 2. The van der Waals surface area contributed by atoms with E-state index in [9.17, 15) is 9.59 Å². The van der Waals surface area contributed by atoms with Gasteiger partial charge in [0.25, 0.3) is 0 Å². The maximum atomic E-state index is 12.2. The van der Waals surface area contributed by atoms with Crippen LogP contribution in [0.15, 0.2) is 54.7 Å². The first-order chi connectivity index (χ1) is 12.7. The minimum Gasteiger partial charge on any atom is -0.361 e. The number of benzene rings is 2. The SMILES string of the molecule is O=C(CCc1ccc2[nH]ccc2c1)Nc1ccc(N2CCNC2=O)cc1. The number of nitrogens with one attached hydrogen (secondary N) is 3. The van der Waals surface area contributed by atoms with Crippen molar-refractivity contribution in [3.8, 4) is 0 Å². The Kier molecular flexibility index (Phi) is 4.31. The van der Waals surface area contributed by atoms with Crippen LogP contribution in [-0.2, 0) is 11.2 Å². The van der Waals surface area contributed by atoms with Gasteiger partial charge in [-0.05, 0) is 59.8 Å². The highest BCUT2D eigenvalue weighted by atomic mass is 16.2. The Morgan fingerprint density at radius 1 is 1.12 bits per heavy atom. The Hall–Kier alpha value is -3.28. The summed E-state index contributed by atoms with van der Waals surface area (Å²) in [6.45, 7) is 1.32. The van der Waals surface area contributed by atoms with Crippen molar-refractivity contribution in [2.75, 3.05) is 23.3 Å². The van der Waals surface area contributed by atoms with Crippen molar-refractivity contribution in [2.45, 2.75) is 12.8 Å². The minimum absolute atomic E-state index is 0.0224. The van der Waals surface area contributed by atoms with Gasteiger partial charge in [-0.15, -0.1) is 0 Å². The normalized spacial score (nSPS) is 13.8. The van der Waals surface area contributed by atoms with Crippen LogP contribution < -0.4 is 15.5 Å². The number of anilines is 2. The first-order valence-corrected chi connectivity index (χ1v) is 8.70. The summed E-state index contributed by atoms with van der Waals surface area (Å²) in [6.07, 6.45) is 3.03. The lowest BCUT2D eigenvalue weighted by Gasteiger charge is -2.14. The fourth-order valence-corrected chi connectivity index (χ4v) is 3.18. The van der Waals surface area contributed by atoms with Crippen molar-refractivity contribution in [3.05, 3.63) is 60.3 Å². The summed E-state index contributed by atoms with van der Waals surface area (Å²) in [5, 5.41) is 6.84. The molecule has 2 heterocycles. The number of carbonyl (C=O) groups is 2. The molecule has 0 unspecified atom stereocenters. The maximum absolute atomic E-state index is 12.2. The van der Waals surface area contributed by atoms with Gasteiger partial charge in [-0.2, -0.15) is 0 Å². The molecule has 1 aromatic heterocycles. The lowest BCUT2D eigenvalue weighted by molar-refractivity contribution is -0.116. The highest BCUT2D eigenvalue weighted by Crippen LogP contribution is 2.20. The quantitative estimate of drug-likeness (QED) is 0.662. The van der Waals surface area contributed by atoms with E-state index in [4.69, 9.17) is 0 Å². The highest BCUT2D eigenvalue weighted by Gasteiger charge is 2.20. The van der Waals surface area contributed by atoms with Gasteiger partial charge in [0, 0.05) is 42.6 Å². The van der Waals surface area contributed by atoms with Gasteiger partial charge in [-0.1, -0.05) is 6.07 Å². The number of hydrogen-bond donors (Lipinski definition) is 3. The second kappa shape index (κ2) is 6.92. The smallest absolute Gasteiger partial charge is 0.321 e. The number of nitrogens with zero attached hydrogens (tertiary/aromatic N) is 1. The summed E-state index contributed by atoms with van der Waals surface area (Å²) in [7, 11) is 0. The van der Waals surface area contributed by atoms with E-state index in [1.54, 1.807) is 4.90 Å². The number of carbonyl (C=O) groups excluding carboxylic acids is 2. The van der Waals surface area contributed by atoms with Gasteiger partial charge in [0.05, 0.1) is 0 Å². The second-order valence-electron chi connectivity index (χ2n) is 6.38. The Bertz CT molecular complexity index is 946. The van der Waals surface area contributed by atoms with Gasteiger partial charge >= 0.3 is 6.03 Å². The van der Waals surface area contributed by atoms with Gasteiger partial charge in [-0.3, -0.25) is 9.69 Å². The van der Waals surface area contributed by atoms with Crippen molar-refractivity contribution in [2.24, 2.45) is 0 Å². The summed E-state index contributed by atoms with van der Waals surface area (Å²) < 4.78 is 0. The molecule has 26 heavy (non-hydrogen) atoms. The van der Waals surface area contributed by atoms with E-state index < -0.39 is 0 Å². The van der Waals surface area contributed by atoms with E-state index in [2.05, 4.69) is 21.7 Å². The highest BCUT2D eigenvalue weighted by molar-refractivity contribution is 5.95. The first kappa shape index (κ1) is 16.2. The summed E-state index contributed by atoms with van der Waals surface area (Å²) in [5.74, 6) is -0.0224. The van der Waals surface area contributed by atoms with E-state index in [0.29, 0.717) is 25.9 Å². The van der Waals surface area contributed by atoms with Crippen molar-refractivity contribution >= 4 is 34.2 Å².